The second kappa shape index (κ2) is 11.3. The van der Waals surface area contributed by atoms with Gasteiger partial charge in [0.1, 0.15) is 6.10 Å². The number of aliphatic imine (C=N–C) groups is 1. The van der Waals surface area contributed by atoms with Gasteiger partial charge in [-0.2, -0.15) is 5.10 Å². The molecule has 2 heterocycles. The number of aromatic nitrogens is 2. The van der Waals surface area contributed by atoms with E-state index in [2.05, 4.69) is 32.4 Å². The van der Waals surface area contributed by atoms with E-state index in [9.17, 15) is 0 Å². The molecule has 0 bridgehead atoms. The Morgan fingerprint density at radius 1 is 1.37 bits per heavy atom. The van der Waals surface area contributed by atoms with Crippen LogP contribution < -0.4 is 5.32 Å². The summed E-state index contributed by atoms with van der Waals surface area (Å²) in [6.07, 6.45) is 3.88. The fraction of sp³-hybridized carbons (Fsp3) is 0.474. The molecule has 1 aliphatic heterocycles. The summed E-state index contributed by atoms with van der Waals surface area (Å²) in [5.41, 5.74) is 2.28. The number of nitrogens with one attached hydrogen (secondary N) is 1. The third kappa shape index (κ3) is 6.47. The third-order valence-electron chi connectivity index (χ3n) is 4.32. The van der Waals surface area contributed by atoms with Gasteiger partial charge in [-0.1, -0.05) is 30.3 Å². The van der Waals surface area contributed by atoms with E-state index in [4.69, 9.17) is 9.47 Å². The van der Waals surface area contributed by atoms with Crippen LogP contribution in [0.4, 0.5) is 0 Å². The average Bonchev–Trinajstić information content (AvgIpc) is 3.12. The van der Waals surface area contributed by atoms with Crippen LogP contribution in [0.15, 0.2) is 47.7 Å². The first-order valence-electron chi connectivity index (χ1n) is 8.93. The Labute approximate surface area is 177 Å². The Balaban J connectivity index is 0.00000261. The monoisotopic (exact) mass is 485 g/mol. The fourth-order valence-corrected chi connectivity index (χ4v) is 2.98. The van der Waals surface area contributed by atoms with Gasteiger partial charge in [-0.3, -0.25) is 9.67 Å². The zero-order valence-corrected chi connectivity index (χ0v) is 18.2. The molecule has 1 saturated heterocycles. The van der Waals surface area contributed by atoms with Crippen molar-refractivity contribution in [2.45, 2.75) is 12.7 Å². The second-order valence-electron chi connectivity index (χ2n) is 6.26. The van der Waals surface area contributed by atoms with Crippen molar-refractivity contribution in [3.8, 4) is 0 Å². The quantitative estimate of drug-likeness (QED) is 0.294. The highest BCUT2D eigenvalue weighted by Crippen LogP contribution is 2.21. The summed E-state index contributed by atoms with van der Waals surface area (Å²) in [6.45, 7) is 4.22. The number of halogens is 1. The molecule has 148 valence electrons. The molecule has 1 aromatic heterocycles. The maximum Gasteiger partial charge on any atom is 0.193 e. The van der Waals surface area contributed by atoms with Crippen LogP contribution >= 0.6 is 24.0 Å². The molecule has 0 spiro atoms. The van der Waals surface area contributed by atoms with Crippen LogP contribution in [0.1, 0.15) is 17.2 Å². The van der Waals surface area contributed by atoms with Gasteiger partial charge < -0.3 is 19.7 Å². The minimum absolute atomic E-state index is 0. The Hall–Kier alpha value is -1.65. The fourth-order valence-electron chi connectivity index (χ4n) is 2.98. The van der Waals surface area contributed by atoms with E-state index >= 15 is 0 Å². The summed E-state index contributed by atoms with van der Waals surface area (Å²) in [5.74, 6) is 0.880. The molecule has 0 radical (unpaired) electrons. The molecule has 1 aliphatic rings. The SMILES string of the molecule is CN=C(NCCOCc1ccccc1)N1CCOC(c2cnn(C)c2)C1.I. The summed E-state index contributed by atoms with van der Waals surface area (Å²) in [4.78, 5) is 6.62. The van der Waals surface area contributed by atoms with Crippen molar-refractivity contribution in [2.24, 2.45) is 12.0 Å². The van der Waals surface area contributed by atoms with Gasteiger partial charge in [-0.25, -0.2) is 0 Å². The number of benzene rings is 1. The van der Waals surface area contributed by atoms with Crippen LogP contribution in [0.3, 0.4) is 0 Å². The Kier molecular flexibility index (Phi) is 9.02. The molecule has 1 aromatic carbocycles. The van der Waals surface area contributed by atoms with Gasteiger partial charge in [0.05, 0.1) is 32.6 Å². The second-order valence-corrected chi connectivity index (χ2v) is 6.26. The highest BCUT2D eigenvalue weighted by Gasteiger charge is 2.24. The molecule has 1 unspecified atom stereocenters. The normalized spacial score (nSPS) is 17.5. The van der Waals surface area contributed by atoms with E-state index in [-0.39, 0.29) is 30.1 Å². The van der Waals surface area contributed by atoms with E-state index < -0.39 is 0 Å². The summed E-state index contributed by atoms with van der Waals surface area (Å²) in [7, 11) is 3.72. The smallest absolute Gasteiger partial charge is 0.193 e. The number of ether oxygens (including phenoxy) is 2. The average molecular weight is 485 g/mol. The molecule has 0 amide bonds. The molecule has 27 heavy (non-hydrogen) atoms. The van der Waals surface area contributed by atoms with Crippen molar-refractivity contribution >= 4 is 29.9 Å². The highest BCUT2D eigenvalue weighted by atomic mass is 127. The lowest BCUT2D eigenvalue weighted by molar-refractivity contribution is -0.00816. The topological polar surface area (TPSA) is 63.9 Å². The number of rotatable bonds is 6. The number of nitrogens with zero attached hydrogens (tertiary/aromatic N) is 4. The minimum Gasteiger partial charge on any atom is -0.375 e. The molecule has 8 heteroatoms. The largest absolute Gasteiger partial charge is 0.375 e. The van der Waals surface area contributed by atoms with Crippen molar-refractivity contribution in [1.82, 2.24) is 20.0 Å². The summed E-state index contributed by atoms with van der Waals surface area (Å²) in [6, 6.07) is 10.2. The molecule has 7 nitrogen and oxygen atoms in total. The molecule has 1 atom stereocenters. The molecular weight excluding hydrogens is 457 g/mol. The summed E-state index contributed by atoms with van der Waals surface area (Å²) >= 11 is 0. The summed E-state index contributed by atoms with van der Waals surface area (Å²) < 4.78 is 13.4. The molecule has 0 aliphatic carbocycles. The van der Waals surface area contributed by atoms with Crippen LogP contribution in [0.5, 0.6) is 0 Å². The van der Waals surface area contributed by atoms with Crippen LogP contribution in [-0.2, 0) is 23.1 Å². The van der Waals surface area contributed by atoms with Crippen molar-refractivity contribution in [1.29, 1.82) is 0 Å². The van der Waals surface area contributed by atoms with Crippen LogP contribution in [0, 0.1) is 0 Å². The molecule has 1 N–H and O–H groups in total. The van der Waals surface area contributed by atoms with Gasteiger partial charge in [0.2, 0.25) is 0 Å². The van der Waals surface area contributed by atoms with Gasteiger partial charge in [0.25, 0.3) is 0 Å². The van der Waals surface area contributed by atoms with Gasteiger partial charge in [-0.05, 0) is 5.56 Å². The van der Waals surface area contributed by atoms with E-state index in [0.717, 1.165) is 24.6 Å². The van der Waals surface area contributed by atoms with Crippen molar-refractivity contribution < 1.29 is 9.47 Å². The van der Waals surface area contributed by atoms with Crippen LogP contribution in [-0.4, -0.2) is 60.5 Å². The number of aryl methyl sites for hydroxylation is 1. The summed E-state index contributed by atoms with van der Waals surface area (Å²) in [5, 5.41) is 7.61. The van der Waals surface area contributed by atoms with Crippen LogP contribution in [0.25, 0.3) is 0 Å². The number of hydrogen-bond acceptors (Lipinski definition) is 4. The molecule has 2 aromatic rings. The first-order valence-corrected chi connectivity index (χ1v) is 8.93. The first-order chi connectivity index (χ1) is 12.8. The number of hydrogen-bond donors (Lipinski definition) is 1. The minimum atomic E-state index is 0. The van der Waals surface area contributed by atoms with E-state index in [1.54, 1.807) is 4.68 Å². The van der Waals surface area contributed by atoms with Gasteiger partial charge in [0.15, 0.2) is 5.96 Å². The predicted octanol–water partition coefficient (Wildman–Crippen LogP) is 2.20. The van der Waals surface area contributed by atoms with E-state index in [1.165, 1.54) is 5.56 Å². The number of morpholine rings is 1. The third-order valence-corrected chi connectivity index (χ3v) is 4.32. The zero-order valence-electron chi connectivity index (χ0n) is 15.9. The lowest BCUT2D eigenvalue weighted by atomic mass is 10.1. The van der Waals surface area contributed by atoms with Gasteiger partial charge in [-0.15, -0.1) is 24.0 Å². The maximum atomic E-state index is 5.89. The number of guanidine groups is 1. The zero-order chi connectivity index (χ0) is 18.2. The maximum absolute atomic E-state index is 5.89. The Bertz CT molecular complexity index is 707. The van der Waals surface area contributed by atoms with Crippen molar-refractivity contribution in [2.75, 3.05) is 39.9 Å². The lowest BCUT2D eigenvalue weighted by Crippen LogP contribution is -2.48. The van der Waals surface area contributed by atoms with Crippen molar-refractivity contribution in [3.63, 3.8) is 0 Å². The van der Waals surface area contributed by atoms with Gasteiger partial charge >= 0.3 is 0 Å². The Morgan fingerprint density at radius 2 is 2.19 bits per heavy atom. The molecule has 1 fully saturated rings. The first kappa shape index (κ1) is 21.6. The van der Waals surface area contributed by atoms with Crippen LogP contribution in [0.2, 0.25) is 0 Å². The standard InChI is InChI=1S/C19H27N5O2.HI/c1-20-19(21-8-10-25-15-16-6-4-3-5-7-16)24-9-11-26-18(14-24)17-12-22-23(2)13-17;/h3-7,12-13,18H,8-11,14-15H2,1-2H3,(H,20,21);1H. The molecule has 0 saturated carbocycles. The van der Waals surface area contributed by atoms with Crippen molar-refractivity contribution in [3.05, 3.63) is 53.9 Å². The molecule has 3 rings (SSSR count). The van der Waals surface area contributed by atoms with E-state index in [0.29, 0.717) is 26.4 Å². The Morgan fingerprint density at radius 3 is 2.89 bits per heavy atom. The predicted molar refractivity (Wildman–Crippen MR) is 116 cm³/mol. The highest BCUT2D eigenvalue weighted by molar-refractivity contribution is 14.0. The molecular formula is C19H28IN5O2. The van der Waals surface area contributed by atoms with E-state index in [1.807, 2.05) is 44.7 Å². The van der Waals surface area contributed by atoms with Gasteiger partial charge in [0, 0.05) is 38.9 Å². The lowest BCUT2D eigenvalue weighted by Gasteiger charge is -2.34.